The van der Waals surface area contributed by atoms with Gasteiger partial charge in [0.2, 0.25) is 0 Å². The summed E-state index contributed by atoms with van der Waals surface area (Å²) in [5.74, 6) is 0.917. The maximum absolute atomic E-state index is 5.81. The molecule has 1 aliphatic heterocycles. The van der Waals surface area contributed by atoms with Crippen molar-refractivity contribution in [1.29, 1.82) is 0 Å². The molecule has 1 aliphatic carbocycles. The molecule has 2 aliphatic rings. The molecule has 1 aromatic carbocycles. The molecule has 0 saturated carbocycles. The van der Waals surface area contributed by atoms with Gasteiger partial charge in [0.25, 0.3) is 0 Å². The van der Waals surface area contributed by atoms with E-state index in [4.69, 9.17) is 19.7 Å². The van der Waals surface area contributed by atoms with E-state index in [9.17, 15) is 0 Å². The molecule has 0 spiro atoms. The Morgan fingerprint density at radius 3 is 2.77 bits per heavy atom. The van der Waals surface area contributed by atoms with Crippen molar-refractivity contribution in [1.82, 2.24) is 15.0 Å². The summed E-state index contributed by atoms with van der Waals surface area (Å²) in [5.41, 5.74) is 6.23. The van der Waals surface area contributed by atoms with Gasteiger partial charge in [0.05, 0.1) is 22.0 Å². The number of pyridine rings is 1. The van der Waals surface area contributed by atoms with Crippen molar-refractivity contribution < 1.29 is 4.74 Å². The number of fused-ring (bicyclic) bond motifs is 5. The lowest BCUT2D eigenvalue weighted by Gasteiger charge is -2.12. The van der Waals surface area contributed by atoms with Crippen LogP contribution in [0, 0.1) is 0 Å². The van der Waals surface area contributed by atoms with Crippen LogP contribution in [0.3, 0.4) is 0 Å². The maximum atomic E-state index is 5.81. The second kappa shape index (κ2) is 8.04. The van der Waals surface area contributed by atoms with Crippen LogP contribution in [0.25, 0.3) is 31.7 Å². The number of aryl methyl sites for hydroxylation is 1. The fourth-order valence-corrected chi connectivity index (χ4v) is 6.28. The Labute approximate surface area is 189 Å². The van der Waals surface area contributed by atoms with Crippen LogP contribution in [0.5, 0.6) is 0 Å². The molecular weight excluding hydrogens is 424 g/mol. The van der Waals surface area contributed by atoms with E-state index in [0.29, 0.717) is 0 Å². The van der Waals surface area contributed by atoms with Gasteiger partial charge in [0.1, 0.15) is 10.6 Å². The monoisotopic (exact) mass is 448 g/mol. The van der Waals surface area contributed by atoms with E-state index < -0.39 is 0 Å². The number of nitrogens with zero attached hydrogens (tertiary/aromatic N) is 3. The number of anilines is 1. The van der Waals surface area contributed by atoms with Crippen molar-refractivity contribution >= 4 is 49.3 Å². The first-order valence-electron chi connectivity index (χ1n) is 10.9. The average molecular weight is 449 g/mol. The average Bonchev–Trinajstić information content (AvgIpc) is 3.56. The molecule has 3 aromatic heterocycles. The third-order valence-corrected chi connectivity index (χ3v) is 7.89. The molecule has 7 heteroatoms. The highest BCUT2D eigenvalue weighted by Crippen LogP contribution is 2.44. The van der Waals surface area contributed by atoms with Crippen molar-refractivity contribution in [3.8, 4) is 11.3 Å². The van der Waals surface area contributed by atoms with Gasteiger partial charge in [0.15, 0.2) is 5.16 Å². The van der Waals surface area contributed by atoms with E-state index in [1.165, 1.54) is 28.5 Å². The molecule has 6 rings (SSSR count). The summed E-state index contributed by atoms with van der Waals surface area (Å²) in [6.07, 6.45) is 7.92. The van der Waals surface area contributed by atoms with Crippen LogP contribution >= 0.6 is 23.1 Å². The second-order valence-corrected chi connectivity index (χ2v) is 9.94. The molecule has 4 aromatic rings. The Morgan fingerprint density at radius 1 is 1.10 bits per heavy atom. The summed E-state index contributed by atoms with van der Waals surface area (Å²) in [4.78, 5) is 16.0. The highest BCUT2D eigenvalue weighted by molar-refractivity contribution is 7.98. The lowest BCUT2D eigenvalue weighted by Crippen LogP contribution is -2.19. The molecule has 0 bridgehead atoms. The first-order chi connectivity index (χ1) is 15.3. The number of ether oxygens (including phenoxy) is 1. The first-order valence-corrected chi connectivity index (χ1v) is 13.0. The van der Waals surface area contributed by atoms with E-state index in [1.807, 2.05) is 6.26 Å². The molecule has 31 heavy (non-hydrogen) atoms. The van der Waals surface area contributed by atoms with Gasteiger partial charge in [-0.25, -0.2) is 15.0 Å². The van der Waals surface area contributed by atoms with E-state index >= 15 is 0 Å². The molecule has 1 N–H and O–H groups in total. The van der Waals surface area contributed by atoms with Gasteiger partial charge in [-0.15, -0.1) is 11.3 Å². The Morgan fingerprint density at radius 2 is 1.97 bits per heavy atom. The highest BCUT2D eigenvalue weighted by atomic mass is 32.2. The smallest absolute Gasteiger partial charge is 0.189 e. The minimum atomic E-state index is 0.268. The van der Waals surface area contributed by atoms with Crippen molar-refractivity contribution in [3.05, 3.63) is 41.5 Å². The zero-order valence-corrected chi connectivity index (χ0v) is 19.1. The van der Waals surface area contributed by atoms with Gasteiger partial charge in [-0.3, -0.25) is 0 Å². The number of rotatable bonds is 5. The van der Waals surface area contributed by atoms with Crippen LogP contribution < -0.4 is 5.32 Å². The van der Waals surface area contributed by atoms with Gasteiger partial charge in [0, 0.05) is 24.1 Å². The normalized spacial score (nSPS) is 18.2. The second-order valence-electron chi connectivity index (χ2n) is 8.17. The zero-order valence-electron chi connectivity index (χ0n) is 17.5. The third-order valence-electron chi connectivity index (χ3n) is 6.26. The predicted octanol–water partition coefficient (Wildman–Crippen LogP) is 5.71. The number of hydrogen-bond acceptors (Lipinski definition) is 7. The van der Waals surface area contributed by atoms with Crippen LogP contribution in [0.4, 0.5) is 5.82 Å². The first kappa shape index (κ1) is 19.5. The number of thiophene rings is 1. The summed E-state index contributed by atoms with van der Waals surface area (Å²) in [5, 5.41) is 5.62. The van der Waals surface area contributed by atoms with E-state index in [2.05, 4.69) is 35.6 Å². The van der Waals surface area contributed by atoms with Gasteiger partial charge in [-0.05, 0) is 49.5 Å². The third kappa shape index (κ3) is 3.39. The summed E-state index contributed by atoms with van der Waals surface area (Å²) in [6.45, 7) is 1.65. The van der Waals surface area contributed by atoms with E-state index in [-0.39, 0.29) is 6.10 Å². The molecular formula is C24H24N4OS2. The fraction of sp³-hybridized carbons (Fsp3) is 0.375. The summed E-state index contributed by atoms with van der Waals surface area (Å²) >= 11 is 3.31. The van der Waals surface area contributed by atoms with Crippen LogP contribution in [-0.4, -0.2) is 40.5 Å². The van der Waals surface area contributed by atoms with Crippen molar-refractivity contribution in [2.24, 2.45) is 0 Å². The van der Waals surface area contributed by atoms with Crippen LogP contribution in [0.1, 0.15) is 30.4 Å². The van der Waals surface area contributed by atoms with Crippen LogP contribution in [-0.2, 0) is 17.6 Å². The van der Waals surface area contributed by atoms with Crippen LogP contribution in [0.2, 0.25) is 0 Å². The number of nitrogens with one attached hydrogen (secondary N) is 1. The van der Waals surface area contributed by atoms with Gasteiger partial charge in [-0.2, -0.15) is 0 Å². The lowest BCUT2D eigenvalue weighted by molar-refractivity contribution is 0.120. The largest absolute Gasteiger partial charge is 0.376 e. The fourth-order valence-electron chi connectivity index (χ4n) is 4.81. The molecule has 0 amide bonds. The van der Waals surface area contributed by atoms with Gasteiger partial charge in [-0.1, -0.05) is 42.1 Å². The lowest BCUT2D eigenvalue weighted by atomic mass is 10.0. The highest BCUT2D eigenvalue weighted by Gasteiger charge is 2.26. The van der Waals surface area contributed by atoms with Crippen molar-refractivity contribution in [2.45, 2.75) is 43.4 Å². The van der Waals surface area contributed by atoms with Gasteiger partial charge < -0.3 is 10.1 Å². The van der Waals surface area contributed by atoms with Crippen molar-refractivity contribution in [3.63, 3.8) is 0 Å². The molecule has 158 valence electrons. The van der Waals surface area contributed by atoms with E-state index in [1.54, 1.807) is 23.1 Å². The molecule has 5 nitrogen and oxygen atoms in total. The number of benzene rings is 1. The number of thioether (sulfide) groups is 1. The minimum Gasteiger partial charge on any atom is -0.376 e. The Bertz CT molecular complexity index is 1270. The summed E-state index contributed by atoms with van der Waals surface area (Å²) < 4.78 is 6.92. The molecule has 1 atom stereocenters. The predicted molar refractivity (Wildman–Crippen MR) is 129 cm³/mol. The number of aromatic nitrogens is 3. The standard InChI is InChI=1S/C24H24N4OS2/c1-30-24-27-20-18-16-10-5-11-17(16)19(14-7-3-2-4-8-14)26-23(18)31-21(20)22(28-24)25-13-15-9-6-12-29-15/h2-4,7-8,15H,5-6,9-13H2,1H3,(H,25,27,28)/t15-/m1/s1. The zero-order chi connectivity index (χ0) is 20.8. The number of hydrogen-bond donors (Lipinski definition) is 1. The quantitative estimate of drug-likeness (QED) is 0.312. The molecule has 0 unspecified atom stereocenters. The summed E-state index contributed by atoms with van der Waals surface area (Å²) in [7, 11) is 0. The van der Waals surface area contributed by atoms with Crippen LogP contribution in [0.15, 0.2) is 35.5 Å². The topological polar surface area (TPSA) is 59.9 Å². The molecule has 0 radical (unpaired) electrons. The Kier molecular flexibility index (Phi) is 5.05. The Hall–Kier alpha value is -2.22. The van der Waals surface area contributed by atoms with E-state index in [0.717, 1.165) is 70.6 Å². The Balaban J connectivity index is 1.54. The maximum Gasteiger partial charge on any atom is 0.189 e. The van der Waals surface area contributed by atoms with Gasteiger partial charge >= 0.3 is 0 Å². The van der Waals surface area contributed by atoms with Crippen molar-refractivity contribution in [2.75, 3.05) is 24.7 Å². The minimum absolute atomic E-state index is 0.268. The molecule has 1 fully saturated rings. The summed E-state index contributed by atoms with van der Waals surface area (Å²) in [6, 6.07) is 10.6. The molecule has 1 saturated heterocycles. The SMILES string of the molecule is CSc1nc(NC[C@H]2CCCO2)c2sc3nc(-c4ccccc4)c4c(c3c2n1)CCC4. The molecule has 4 heterocycles.